The molecule has 4 atom stereocenters. The number of nitrogen functional groups attached to an aromatic ring is 1. The number of aliphatic hydroxyl groups is 3. The summed E-state index contributed by atoms with van der Waals surface area (Å²) in [6, 6.07) is 0. The van der Waals surface area contributed by atoms with Crippen LogP contribution in [0.1, 0.15) is 6.23 Å². The Morgan fingerprint density at radius 1 is 1.44 bits per heavy atom. The van der Waals surface area contributed by atoms with Gasteiger partial charge in [0, 0.05) is 0 Å². The molecule has 100 valence electrons. The van der Waals surface area contributed by atoms with Gasteiger partial charge in [-0.25, -0.2) is 4.79 Å². The summed E-state index contributed by atoms with van der Waals surface area (Å²) in [5.74, 6) is -0.796. The van der Waals surface area contributed by atoms with Gasteiger partial charge in [0.15, 0.2) is 17.8 Å². The van der Waals surface area contributed by atoms with E-state index in [1.54, 1.807) is 0 Å². The minimum atomic E-state index is -1.43. The van der Waals surface area contributed by atoms with Gasteiger partial charge in [-0.1, -0.05) is 0 Å². The minimum absolute atomic E-state index is 0.344. The fourth-order valence-electron chi connectivity index (χ4n) is 1.76. The van der Waals surface area contributed by atoms with E-state index in [9.17, 15) is 20.1 Å². The Kier molecular flexibility index (Phi) is 3.22. The number of rotatable bonds is 2. The predicted molar refractivity (Wildman–Crippen MR) is 57.6 cm³/mol. The Hall–Kier alpha value is -1.68. The van der Waals surface area contributed by atoms with Gasteiger partial charge in [0.1, 0.15) is 18.3 Å². The van der Waals surface area contributed by atoms with Crippen molar-refractivity contribution in [3.8, 4) is 5.75 Å². The van der Waals surface area contributed by atoms with Gasteiger partial charge in [0.05, 0.1) is 12.8 Å². The Morgan fingerprint density at radius 3 is 2.67 bits per heavy atom. The number of nitrogens with two attached hydrogens (primary N) is 1. The van der Waals surface area contributed by atoms with E-state index in [1.807, 2.05) is 0 Å². The number of aromatic nitrogens is 2. The van der Waals surface area contributed by atoms with Crippen molar-refractivity contribution in [3.63, 3.8) is 0 Å². The Balaban J connectivity index is 2.39. The smallest absolute Gasteiger partial charge is 0.351 e. The van der Waals surface area contributed by atoms with Crippen molar-refractivity contribution in [2.24, 2.45) is 0 Å². The lowest BCUT2D eigenvalue weighted by Gasteiger charge is -2.17. The van der Waals surface area contributed by atoms with Crippen LogP contribution in [0.5, 0.6) is 5.75 Å². The molecule has 0 amide bonds. The summed E-state index contributed by atoms with van der Waals surface area (Å²) < 4.78 is 5.92. The first-order chi connectivity index (χ1) is 8.45. The van der Waals surface area contributed by atoms with Gasteiger partial charge in [-0.05, 0) is 0 Å². The van der Waals surface area contributed by atoms with E-state index >= 15 is 0 Å². The summed E-state index contributed by atoms with van der Waals surface area (Å²) in [4.78, 5) is 14.9. The zero-order chi connectivity index (χ0) is 13.4. The lowest BCUT2D eigenvalue weighted by atomic mass is 10.1. The second kappa shape index (κ2) is 4.53. The molecule has 1 unspecified atom stereocenters. The molecule has 0 radical (unpaired) electrons. The Morgan fingerprint density at radius 2 is 2.11 bits per heavy atom. The monoisotopic (exact) mass is 259 g/mol. The molecule has 0 aliphatic carbocycles. The minimum Gasteiger partial charge on any atom is -0.503 e. The first-order valence-corrected chi connectivity index (χ1v) is 5.15. The maximum absolute atomic E-state index is 11.6. The molecule has 2 rings (SSSR count). The van der Waals surface area contributed by atoms with E-state index in [2.05, 4.69) is 4.98 Å². The highest BCUT2D eigenvalue weighted by Crippen LogP contribution is 2.29. The normalized spacial score (nSPS) is 31.7. The number of ether oxygens (including phenoxy) is 1. The average Bonchev–Trinajstić information content (AvgIpc) is 2.61. The molecule has 1 saturated heterocycles. The van der Waals surface area contributed by atoms with E-state index in [1.165, 1.54) is 0 Å². The second-order valence-corrected chi connectivity index (χ2v) is 3.93. The number of anilines is 1. The van der Waals surface area contributed by atoms with Crippen molar-refractivity contribution >= 4 is 5.82 Å². The van der Waals surface area contributed by atoms with Crippen LogP contribution < -0.4 is 11.4 Å². The molecule has 0 aromatic carbocycles. The first-order valence-electron chi connectivity index (χ1n) is 5.15. The maximum Gasteiger partial charge on any atom is 0.351 e. The molecule has 1 aromatic heterocycles. The number of hydrogen-bond acceptors (Lipinski definition) is 8. The van der Waals surface area contributed by atoms with E-state index < -0.39 is 42.6 Å². The summed E-state index contributed by atoms with van der Waals surface area (Å²) in [5.41, 5.74) is 4.39. The van der Waals surface area contributed by atoms with Crippen molar-refractivity contribution < 1.29 is 25.2 Å². The summed E-state index contributed by atoms with van der Waals surface area (Å²) in [5, 5.41) is 37.5. The average molecular weight is 259 g/mol. The fraction of sp³-hybridized carbons (Fsp3) is 0.556. The van der Waals surface area contributed by atoms with Crippen LogP contribution >= 0.6 is 0 Å². The molecular formula is C9H13N3O6. The standard InChI is InChI=1S/C9H13N3O6/c10-7-3(14)1-12(9(17)11-7)8-6(16)5(15)4(2-13)18-8/h1,4-6,8,13-16H,2H2,(H2,10,11,17)/t4-,5+,6?,8-/m1/s1. The molecule has 0 spiro atoms. The third-order valence-electron chi connectivity index (χ3n) is 2.75. The van der Waals surface area contributed by atoms with Gasteiger partial charge in [-0.15, -0.1) is 0 Å². The van der Waals surface area contributed by atoms with Crippen LogP contribution in [-0.4, -0.2) is 54.9 Å². The highest BCUT2D eigenvalue weighted by molar-refractivity contribution is 5.41. The van der Waals surface area contributed by atoms with E-state index in [0.29, 0.717) is 0 Å². The van der Waals surface area contributed by atoms with Crippen LogP contribution in [0.15, 0.2) is 11.0 Å². The second-order valence-electron chi connectivity index (χ2n) is 3.93. The molecule has 0 bridgehead atoms. The number of hydrogen-bond donors (Lipinski definition) is 5. The van der Waals surface area contributed by atoms with Gasteiger partial charge >= 0.3 is 5.69 Å². The lowest BCUT2D eigenvalue weighted by Crippen LogP contribution is -2.36. The van der Waals surface area contributed by atoms with E-state index in [-0.39, 0.29) is 5.82 Å². The SMILES string of the molecule is Nc1nc(=O)n([C@@H]2O[C@H](CO)[C@H](O)C2O)cc1O. The molecule has 1 aliphatic heterocycles. The molecule has 0 saturated carbocycles. The van der Waals surface area contributed by atoms with Crippen LogP contribution in [0.2, 0.25) is 0 Å². The Bertz CT molecular complexity index is 504. The number of nitrogens with zero attached hydrogens (tertiary/aromatic N) is 2. The predicted octanol–water partition coefficient (Wildman–Crippen LogP) is -2.86. The zero-order valence-corrected chi connectivity index (χ0v) is 9.17. The Labute approximate surface area is 101 Å². The quantitative estimate of drug-likeness (QED) is 0.380. The first kappa shape index (κ1) is 12.8. The van der Waals surface area contributed by atoms with Crippen LogP contribution in [0, 0.1) is 0 Å². The molecule has 18 heavy (non-hydrogen) atoms. The van der Waals surface area contributed by atoms with Gasteiger partial charge < -0.3 is 30.9 Å². The van der Waals surface area contributed by atoms with Gasteiger partial charge in [-0.3, -0.25) is 4.57 Å². The summed E-state index contributed by atoms with van der Waals surface area (Å²) in [6.07, 6.45) is -4.08. The third kappa shape index (κ3) is 1.93. The third-order valence-corrected chi connectivity index (χ3v) is 2.75. The summed E-state index contributed by atoms with van der Waals surface area (Å²) in [7, 11) is 0. The van der Waals surface area contributed by atoms with Crippen molar-refractivity contribution in [1.82, 2.24) is 9.55 Å². The van der Waals surface area contributed by atoms with Crippen LogP contribution in [-0.2, 0) is 4.74 Å². The highest BCUT2D eigenvalue weighted by Gasteiger charge is 2.43. The van der Waals surface area contributed by atoms with Gasteiger partial charge in [0.2, 0.25) is 0 Å². The largest absolute Gasteiger partial charge is 0.503 e. The van der Waals surface area contributed by atoms with Gasteiger partial charge in [0.25, 0.3) is 0 Å². The summed E-state index contributed by atoms with van der Waals surface area (Å²) >= 11 is 0. The van der Waals surface area contributed by atoms with Crippen LogP contribution in [0.4, 0.5) is 5.82 Å². The van der Waals surface area contributed by atoms with Crippen molar-refractivity contribution in [2.45, 2.75) is 24.5 Å². The molecule has 1 aliphatic rings. The molecule has 1 fully saturated rings. The molecule has 9 heteroatoms. The van der Waals surface area contributed by atoms with Crippen molar-refractivity contribution in [1.29, 1.82) is 0 Å². The lowest BCUT2D eigenvalue weighted by molar-refractivity contribution is -0.0551. The maximum atomic E-state index is 11.6. The number of aliphatic hydroxyl groups excluding tert-OH is 3. The molecule has 9 nitrogen and oxygen atoms in total. The fourth-order valence-corrected chi connectivity index (χ4v) is 1.76. The van der Waals surface area contributed by atoms with Crippen LogP contribution in [0.25, 0.3) is 0 Å². The molecule has 2 heterocycles. The molecular weight excluding hydrogens is 246 g/mol. The highest BCUT2D eigenvalue weighted by atomic mass is 16.6. The topological polar surface area (TPSA) is 151 Å². The van der Waals surface area contributed by atoms with Crippen molar-refractivity contribution in [2.75, 3.05) is 12.3 Å². The zero-order valence-electron chi connectivity index (χ0n) is 9.17. The van der Waals surface area contributed by atoms with E-state index in [0.717, 1.165) is 10.8 Å². The molecule has 6 N–H and O–H groups in total. The number of aromatic hydroxyl groups is 1. The molecule has 1 aromatic rings. The van der Waals surface area contributed by atoms with Gasteiger partial charge in [-0.2, -0.15) is 4.98 Å². The summed E-state index contributed by atoms with van der Waals surface area (Å²) in [6.45, 7) is -0.516. The van der Waals surface area contributed by atoms with E-state index in [4.69, 9.17) is 15.6 Å². The van der Waals surface area contributed by atoms with Crippen molar-refractivity contribution in [3.05, 3.63) is 16.7 Å². The van der Waals surface area contributed by atoms with Crippen LogP contribution in [0.3, 0.4) is 0 Å².